The molecule has 0 fully saturated rings. The number of aryl methyl sites for hydroxylation is 1. The Labute approximate surface area is 119 Å². The molecule has 3 heterocycles. The Morgan fingerprint density at radius 2 is 2.33 bits per heavy atom. The molecular weight excluding hydrogens is 274 g/mol. The average Bonchev–Trinajstić information content (AvgIpc) is 3.15. The Kier molecular flexibility index (Phi) is 3.42. The third kappa shape index (κ3) is 2.94. The first-order valence-electron chi connectivity index (χ1n) is 6.11. The van der Waals surface area contributed by atoms with Crippen LogP contribution in [0.15, 0.2) is 41.4 Å². The summed E-state index contributed by atoms with van der Waals surface area (Å²) in [7, 11) is 1.72. The number of esters is 1. The highest BCUT2D eigenvalue weighted by Gasteiger charge is 2.13. The van der Waals surface area contributed by atoms with Crippen LogP contribution in [0.5, 0.6) is 0 Å². The van der Waals surface area contributed by atoms with E-state index in [0.29, 0.717) is 11.4 Å². The van der Waals surface area contributed by atoms with Crippen LogP contribution in [0, 0.1) is 0 Å². The average molecular weight is 285 g/mol. The van der Waals surface area contributed by atoms with Crippen molar-refractivity contribution in [2.24, 2.45) is 7.05 Å². The number of rotatable bonds is 4. The number of nitrogens with zero attached hydrogens (tertiary/aromatic N) is 5. The molecule has 0 bridgehead atoms. The summed E-state index contributed by atoms with van der Waals surface area (Å²) in [6.07, 6.45) is 6.27. The van der Waals surface area contributed by atoms with E-state index in [1.165, 1.54) is 10.9 Å². The molecule has 3 rings (SSSR count). The number of hydrogen-bond acceptors (Lipinski definition) is 7. The zero-order valence-electron chi connectivity index (χ0n) is 11.1. The summed E-state index contributed by atoms with van der Waals surface area (Å²) in [6, 6.07) is 3.58. The van der Waals surface area contributed by atoms with E-state index in [1.54, 1.807) is 31.7 Å². The van der Waals surface area contributed by atoms with E-state index in [4.69, 9.17) is 9.26 Å². The molecule has 0 unspecified atom stereocenters. The van der Waals surface area contributed by atoms with Gasteiger partial charge in [0.1, 0.15) is 0 Å². The van der Waals surface area contributed by atoms with Gasteiger partial charge in [0.2, 0.25) is 5.82 Å². The highest BCUT2D eigenvalue weighted by molar-refractivity contribution is 5.88. The van der Waals surface area contributed by atoms with Crippen LogP contribution in [-0.4, -0.2) is 30.9 Å². The molecule has 0 aliphatic heterocycles. The minimum absolute atomic E-state index is 0.0962. The lowest BCUT2D eigenvalue weighted by molar-refractivity contribution is 0.0429. The standard InChI is InChI=1S/C13H11N5O3/c1-18-7-10(6-15-18)13(19)20-8-11-16-12(17-21-11)9-3-2-4-14-5-9/h2-7H,8H2,1H3. The predicted molar refractivity (Wildman–Crippen MR) is 69.9 cm³/mol. The molecular formula is C13H11N5O3. The Balaban J connectivity index is 1.64. The molecule has 3 aromatic rings. The SMILES string of the molecule is Cn1cc(C(=O)OCc2nc(-c3cccnc3)no2)cn1. The molecule has 0 aliphatic carbocycles. The van der Waals surface area contributed by atoms with Gasteiger partial charge in [-0.15, -0.1) is 0 Å². The summed E-state index contributed by atoms with van der Waals surface area (Å²) in [6.45, 7) is -0.0962. The second kappa shape index (κ2) is 5.53. The van der Waals surface area contributed by atoms with Crippen molar-refractivity contribution in [3.63, 3.8) is 0 Å². The van der Waals surface area contributed by atoms with Crippen molar-refractivity contribution < 1.29 is 14.1 Å². The Bertz CT molecular complexity index is 750. The third-order valence-electron chi connectivity index (χ3n) is 2.66. The number of hydrogen-bond donors (Lipinski definition) is 0. The minimum Gasteiger partial charge on any atom is -0.452 e. The molecule has 0 saturated carbocycles. The summed E-state index contributed by atoms with van der Waals surface area (Å²) in [5, 5.41) is 7.70. The van der Waals surface area contributed by atoms with Crippen LogP contribution in [-0.2, 0) is 18.4 Å². The Morgan fingerprint density at radius 3 is 3.05 bits per heavy atom. The van der Waals surface area contributed by atoms with Crippen LogP contribution in [0.25, 0.3) is 11.4 Å². The monoisotopic (exact) mass is 285 g/mol. The van der Waals surface area contributed by atoms with E-state index in [9.17, 15) is 4.79 Å². The Morgan fingerprint density at radius 1 is 1.43 bits per heavy atom. The zero-order valence-corrected chi connectivity index (χ0v) is 11.1. The fourth-order valence-electron chi connectivity index (χ4n) is 1.66. The van der Waals surface area contributed by atoms with Gasteiger partial charge in [0, 0.05) is 31.2 Å². The number of ether oxygens (including phenoxy) is 1. The first kappa shape index (κ1) is 13.0. The minimum atomic E-state index is -0.496. The quantitative estimate of drug-likeness (QED) is 0.665. The van der Waals surface area contributed by atoms with Crippen molar-refractivity contribution in [3.05, 3.63) is 48.4 Å². The van der Waals surface area contributed by atoms with E-state index in [1.807, 2.05) is 6.07 Å². The van der Waals surface area contributed by atoms with Crippen molar-refractivity contribution >= 4 is 5.97 Å². The second-order valence-corrected chi connectivity index (χ2v) is 4.23. The van der Waals surface area contributed by atoms with Crippen molar-refractivity contribution in [1.82, 2.24) is 24.9 Å². The molecule has 0 aromatic carbocycles. The van der Waals surface area contributed by atoms with E-state index in [-0.39, 0.29) is 12.5 Å². The Hall–Kier alpha value is -3.03. The molecule has 3 aromatic heterocycles. The molecule has 0 N–H and O–H groups in total. The number of carbonyl (C=O) groups is 1. The number of aromatic nitrogens is 5. The van der Waals surface area contributed by atoms with Gasteiger partial charge in [0.25, 0.3) is 5.89 Å². The maximum absolute atomic E-state index is 11.7. The van der Waals surface area contributed by atoms with Gasteiger partial charge in [-0.05, 0) is 12.1 Å². The molecule has 21 heavy (non-hydrogen) atoms. The second-order valence-electron chi connectivity index (χ2n) is 4.23. The van der Waals surface area contributed by atoms with Crippen LogP contribution in [0.2, 0.25) is 0 Å². The van der Waals surface area contributed by atoms with Gasteiger partial charge >= 0.3 is 5.97 Å². The molecule has 0 amide bonds. The van der Waals surface area contributed by atoms with Gasteiger partial charge in [-0.25, -0.2) is 4.79 Å². The maximum Gasteiger partial charge on any atom is 0.341 e. The molecule has 0 atom stereocenters. The largest absolute Gasteiger partial charge is 0.452 e. The highest BCUT2D eigenvalue weighted by atomic mass is 16.6. The molecule has 0 radical (unpaired) electrons. The van der Waals surface area contributed by atoms with Gasteiger partial charge in [-0.2, -0.15) is 10.1 Å². The van der Waals surface area contributed by atoms with Crippen LogP contribution in [0.4, 0.5) is 0 Å². The molecule has 8 nitrogen and oxygen atoms in total. The fraction of sp³-hybridized carbons (Fsp3) is 0.154. The summed E-state index contributed by atoms with van der Waals surface area (Å²) in [5.74, 6) is 0.117. The predicted octanol–water partition coefficient (Wildman–Crippen LogP) is 1.22. The first-order valence-corrected chi connectivity index (χ1v) is 6.11. The lowest BCUT2D eigenvalue weighted by Crippen LogP contribution is -2.04. The van der Waals surface area contributed by atoms with Gasteiger partial charge in [-0.3, -0.25) is 9.67 Å². The van der Waals surface area contributed by atoms with E-state index in [0.717, 1.165) is 5.56 Å². The van der Waals surface area contributed by atoms with Crippen LogP contribution in [0.3, 0.4) is 0 Å². The molecule has 0 saturated heterocycles. The number of carbonyl (C=O) groups excluding carboxylic acids is 1. The summed E-state index contributed by atoms with van der Waals surface area (Å²) in [5.41, 5.74) is 1.09. The first-order chi connectivity index (χ1) is 10.2. The van der Waals surface area contributed by atoms with E-state index >= 15 is 0 Å². The summed E-state index contributed by atoms with van der Waals surface area (Å²) < 4.78 is 11.6. The van der Waals surface area contributed by atoms with Crippen molar-refractivity contribution in [3.8, 4) is 11.4 Å². The highest BCUT2D eigenvalue weighted by Crippen LogP contribution is 2.14. The van der Waals surface area contributed by atoms with Gasteiger partial charge in [-0.1, -0.05) is 5.16 Å². The van der Waals surface area contributed by atoms with Gasteiger partial charge < -0.3 is 9.26 Å². The fourth-order valence-corrected chi connectivity index (χ4v) is 1.66. The van der Waals surface area contributed by atoms with E-state index in [2.05, 4.69) is 20.2 Å². The van der Waals surface area contributed by atoms with Crippen LogP contribution < -0.4 is 0 Å². The molecule has 8 heteroatoms. The molecule has 106 valence electrons. The smallest absolute Gasteiger partial charge is 0.341 e. The summed E-state index contributed by atoms with van der Waals surface area (Å²) in [4.78, 5) is 19.8. The third-order valence-corrected chi connectivity index (χ3v) is 2.66. The topological polar surface area (TPSA) is 95.9 Å². The lowest BCUT2D eigenvalue weighted by Gasteiger charge is -1.98. The van der Waals surface area contributed by atoms with Crippen molar-refractivity contribution in [1.29, 1.82) is 0 Å². The molecule has 0 spiro atoms. The van der Waals surface area contributed by atoms with Gasteiger partial charge in [0.05, 0.1) is 11.8 Å². The van der Waals surface area contributed by atoms with Crippen molar-refractivity contribution in [2.75, 3.05) is 0 Å². The lowest BCUT2D eigenvalue weighted by atomic mass is 10.3. The summed E-state index contributed by atoms with van der Waals surface area (Å²) >= 11 is 0. The van der Waals surface area contributed by atoms with E-state index < -0.39 is 5.97 Å². The zero-order chi connectivity index (χ0) is 14.7. The number of pyridine rings is 1. The van der Waals surface area contributed by atoms with Crippen LogP contribution >= 0.6 is 0 Å². The van der Waals surface area contributed by atoms with Gasteiger partial charge in [0.15, 0.2) is 6.61 Å². The van der Waals surface area contributed by atoms with Crippen LogP contribution in [0.1, 0.15) is 16.2 Å². The molecule has 0 aliphatic rings. The normalized spacial score (nSPS) is 10.5. The van der Waals surface area contributed by atoms with Crippen molar-refractivity contribution in [2.45, 2.75) is 6.61 Å². The maximum atomic E-state index is 11.7.